The molecule has 1 saturated heterocycles. The summed E-state index contributed by atoms with van der Waals surface area (Å²) in [6.45, 7) is 7.97. The van der Waals surface area contributed by atoms with Crippen LogP contribution in [0.15, 0.2) is 24.3 Å². The summed E-state index contributed by atoms with van der Waals surface area (Å²) in [5.41, 5.74) is 0.654. The number of carbonyl (C=O) groups is 1. The van der Waals surface area contributed by atoms with Crippen LogP contribution < -0.4 is 5.32 Å². The van der Waals surface area contributed by atoms with Crippen LogP contribution in [0, 0.1) is 11.3 Å². The number of anilines is 1. The van der Waals surface area contributed by atoms with Gasteiger partial charge >= 0.3 is 0 Å². The summed E-state index contributed by atoms with van der Waals surface area (Å²) in [7, 11) is 0. The van der Waals surface area contributed by atoms with Gasteiger partial charge in [-0.2, -0.15) is 5.26 Å². The predicted octanol–water partition coefficient (Wildman–Crippen LogP) is 3.14. The molecular weight excluding hydrogens is 268 g/mol. The van der Waals surface area contributed by atoms with Gasteiger partial charge in [-0.15, -0.1) is 0 Å². The summed E-state index contributed by atoms with van der Waals surface area (Å²) >= 11 is 0. The molecule has 0 radical (unpaired) electrons. The Kier molecular flexibility index (Phi) is 4.04. The molecule has 5 heteroatoms. The average molecular weight is 288 g/mol. The molecule has 1 N–H and O–H groups in total. The Labute approximate surface area is 124 Å². The van der Waals surface area contributed by atoms with Crippen LogP contribution in [0.1, 0.15) is 46.0 Å². The lowest BCUT2D eigenvalue weighted by Crippen LogP contribution is -2.41. The van der Waals surface area contributed by atoms with Crippen molar-refractivity contribution < 1.29 is 14.3 Å². The molecule has 1 heterocycles. The molecule has 0 aliphatic carbocycles. The molecule has 0 saturated carbocycles. The summed E-state index contributed by atoms with van der Waals surface area (Å²) in [4.78, 5) is 11.5. The summed E-state index contributed by atoms with van der Waals surface area (Å²) in [5, 5.41) is 11.2. The van der Waals surface area contributed by atoms with E-state index in [0.717, 1.165) is 5.56 Å². The van der Waals surface area contributed by atoms with Crippen molar-refractivity contribution in [1.82, 2.24) is 0 Å². The molecule has 2 rings (SSSR count). The molecule has 0 spiro atoms. The van der Waals surface area contributed by atoms with E-state index in [1.807, 2.05) is 45.9 Å². The first-order valence-electron chi connectivity index (χ1n) is 6.87. The third-order valence-corrected chi connectivity index (χ3v) is 3.94. The lowest BCUT2D eigenvalue weighted by molar-refractivity contribution is -0.115. The Morgan fingerprint density at radius 3 is 2.48 bits per heavy atom. The number of benzene rings is 1. The lowest BCUT2D eigenvalue weighted by atomic mass is 9.90. The highest BCUT2D eigenvalue weighted by molar-refractivity contribution is 5.92. The SMILES string of the molecule is CC1(C)OC(c2cccc(NC(=O)CC#N)c2)OC1(C)C. The number of nitrogens with zero attached hydrogens (tertiary/aromatic N) is 1. The number of carbonyl (C=O) groups excluding carboxylic acids is 1. The summed E-state index contributed by atoms with van der Waals surface area (Å²) < 4.78 is 11.9. The van der Waals surface area contributed by atoms with E-state index in [1.165, 1.54) is 0 Å². The number of amides is 1. The van der Waals surface area contributed by atoms with Crippen LogP contribution in [0.4, 0.5) is 5.69 Å². The monoisotopic (exact) mass is 288 g/mol. The highest BCUT2D eigenvalue weighted by atomic mass is 16.7. The first-order chi connectivity index (χ1) is 9.75. The summed E-state index contributed by atoms with van der Waals surface area (Å²) in [6.07, 6.45) is -0.636. The zero-order chi connectivity index (χ0) is 15.7. The van der Waals surface area contributed by atoms with Gasteiger partial charge in [-0.1, -0.05) is 12.1 Å². The number of hydrogen-bond donors (Lipinski definition) is 1. The molecule has 112 valence electrons. The van der Waals surface area contributed by atoms with Crippen molar-refractivity contribution in [2.75, 3.05) is 5.32 Å². The molecule has 1 aliphatic heterocycles. The topological polar surface area (TPSA) is 71.3 Å². The van der Waals surface area contributed by atoms with Crippen LogP contribution in [0.25, 0.3) is 0 Å². The predicted molar refractivity (Wildman–Crippen MR) is 78.4 cm³/mol. The van der Waals surface area contributed by atoms with Crippen molar-refractivity contribution in [2.45, 2.75) is 51.6 Å². The summed E-state index contributed by atoms with van der Waals surface area (Å²) in [5.74, 6) is -0.330. The van der Waals surface area contributed by atoms with Crippen LogP contribution in [-0.4, -0.2) is 17.1 Å². The van der Waals surface area contributed by atoms with Crippen molar-refractivity contribution in [3.8, 4) is 6.07 Å². The zero-order valence-electron chi connectivity index (χ0n) is 12.8. The van der Waals surface area contributed by atoms with Gasteiger partial charge in [0.2, 0.25) is 5.91 Å². The van der Waals surface area contributed by atoms with Gasteiger partial charge < -0.3 is 14.8 Å². The first-order valence-corrected chi connectivity index (χ1v) is 6.87. The second-order valence-electron chi connectivity index (χ2n) is 6.10. The van der Waals surface area contributed by atoms with E-state index < -0.39 is 17.5 Å². The van der Waals surface area contributed by atoms with Crippen LogP contribution in [-0.2, 0) is 14.3 Å². The molecule has 0 atom stereocenters. The highest BCUT2D eigenvalue weighted by Gasteiger charge is 2.49. The van der Waals surface area contributed by atoms with Crippen molar-refractivity contribution >= 4 is 11.6 Å². The van der Waals surface area contributed by atoms with E-state index in [-0.39, 0.29) is 12.3 Å². The van der Waals surface area contributed by atoms with Crippen molar-refractivity contribution in [3.63, 3.8) is 0 Å². The third kappa shape index (κ3) is 3.23. The van der Waals surface area contributed by atoms with Crippen LogP contribution in [0.2, 0.25) is 0 Å². The minimum absolute atomic E-state index is 0.166. The second-order valence-corrected chi connectivity index (χ2v) is 6.10. The first kappa shape index (κ1) is 15.5. The van der Waals surface area contributed by atoms with Crippen molar-refractivity contribution in [3.05, 3.63) is 29.8 Å². The standard InChI is InChI=1S/C16H20N2O3/c1-15(2)16(3,4)21-14(20-15)11-6-5-7-12(10-11)18-13(19)8-9-17/h5-7,10,14H,8H2,1-4H3,(H,18,19). The highest BCUT2D eigenvalue weighted by Crippen LogP contribution is 2.44. The Morgan fingerprint density at radius 2 is 1.90 bits per heavy atom. The van der Waals surface area contributed by atoms with Gasteiger partial charge in [-0.05, 0) is 39.8 Å². The smallest absolute Gasteiger partial charge is 0.238 e. The van der Waals surface area contributed by atoms with Crippen molar-refractivity contribution in [1.29, 1.82) is 5.26 Å². The number of ether oxygens (including phenoxy) is 2. The average Bonchev–Trinajstić information content (AvgIpc) is 2.59. The molecule has 1 fully saturated rings. The normalized spacial score (nSPS) is 20.0. The molecule has 0 bridgehead atoms. The van der Waals surface area contributed by atoms with Gasteiger partial charge in [0.1, 0.15) is 6.42 Å². The molecule has 21 heavy (non-hydrogen) atoms. The van der Waals surface area contributed by atoms with Gasteiger partial charge in [0.05, 0.1) is 17.3 Å². The van der Waals surface area contributed by atoms with Crippen LogP contribution in [0.3, 0.4) is 0 Å². The Hall–Kier alpha value is -1.90. The quantitative estimate of drug-likeness (QED) is 0.927. The van der Waals surface area contributed by atoms with Crippen LogP contribution >= 0.6 is 0 Å². The minimum atomic E-state index is -0.470. The van der Waals surface area contributed by atoms with Crippen molar-refractivity contribution in [2.24, 2.45) is 0 Å². The second kappa shape index (κ2) is 5.47. The fraction of sp³-hybridized carbons (Fsp3) is 0.500. The van der Waals surface area contributed by atoms with E-state index in [4.69, 9.17) is 14.7 Å². The van der Waals surface area contributed by atoms with E-state index in [0.29, 0.717) is 5.69 Å². The number of rotatable bonds is 3. The zero-order valence-corrected chi connectivity index (χ0v) is 12.8. The van der Waals surface area contributed by atoms with Gasteiger partial charge in [0, 0.05) is 11.3 Å². The van der Waals surface area contributed by atoms with Gasteiger partial charge in [-0.3, -0.25) is 4.79 Å². The number of nitriles is 1. The largest absolute Gasteiger partial charge is 0.339 e. The Balaban J connectivity index is 2.16. The molecule has 1 amide bonds. The molecule has 1 aromatic rings. The molecule has 0 aromatic heterocycles. The van der Waals surface area contributed by atoms with Gasteiger partial charge in [0.15, 0.2) is 6.29 Å². The van der Waals surface area contributed by atoms with Crippen LogP contribution in [0.5, 0.6) is 0 Å². The fourth-order valence-electron chi connectivity index (χ4n) is 2.02. The van der Waals surface area contributed by atoms with Gasteiger partial charge in [-0.25, -0.2) is 0 Å². The number of hydrogen-bond acceptors (Lipinski definition) is 4. The van der Waals surface area contributed by atoms with E-state index in [2.05, 4.69) is 5.32 Å². The molecule has 0 unspecified atom stereocenters. The van der Waals surface area contributed by atoms with Gasteiger partial charge in [0.25, 0.3) is 0 Å². The van der Waals surface area contributed by atoms with E-state index in [1.54, 1.807) is 12.1 Å². The summed E-state index contributed by atoms with van der Waals surface area (Å²) in [6, 6.07) is 9.10. The maximum atomic E-state index is 11.5. The molecule has 1 aromatic carbocycles. The Bertz CT molecular complexity index is 571. The minimum Gasteiger partial charge on any atom is -0.339 e. The maximum absolute atomic E-state index is 11.5. The molecular formula is C16H20N2O3. The molecule has 5 nitrogen and oxygen atoms in total. The fourth-order valence-corrected chi connectivity index (χ4v) is 2.02. The van der Waals surface area contributed by atoms with E-state index >= 15 is 0 Å². The third-order valence-electron chi connectivity index (χ3n) is 3.94. The lowest BCUT2D eigenvalue weighted by Gasteiger charge is -2.30. The Morgan fingerprint density at radius 1 is 1.29 bits per heavy atom. The molecule has 1 aliphatic rings. The number of nitrogens with one attached hydrogen (secondary N) is 1. The van der Waals surface area contributed by atoms with E-state index in [9.17, 15) is 4.79 Å². The maximum Gasteiger partial charge on any atom is 0.238 e.